The van der Waals surface area contributed by atoms with E-state index in [9.17, 15) is 9.59 Å². The highest BCUT2D eigenvalue weighted by molar-refractivity contribution is 5.89. The maximum Gasteiger partial charge on any atom is 0.307 e. The number of carboxylic acid groups (broad SMARTS) is 1. The van der Waals surface area contributed by atoms with E-state index in [1.165, 1.54) is 25.7 Å². The SMILES string of the molecule is CN1C2CCC1CC(CNC(=O)C1CC1C(=O)O)C2. The third kappa shape index (κ3) is 2.48. The predicted octanol–water partition coefficient (Wildman–Crippen LogP) is 0.696. The van der Waals surface area contributed by atoms with Gasteiger partial charge in [-0.05, 0) is 45.1 Å². The van der Waals surface area contributed by atoms with Gasteiger partial charge in [0.15, 0.2) is 0 Å². The highest BCUT2D eigenvalue weighted by Gasteiger charge is 2.48. The van der Waals surface area contributed by atoms with Gasteiger partial charge >= 0.3 is 5.97 Å². The monoisotopic (exact) mass is 266 g/mol. The molecule has 3 aliphatic rings. The van der Waals surface area contributed by atoms with E-state index in [2.05, 4.69) is 17.3 Å². The summed E-state index contributed by atoms with van der Waals surface area (Å²) >= 11 is 0. The second kappa shape index (κ2) is 4.78. The number of carbonyl (C=O) groups excluding carboxylic acids is 1. The van der Waals surface area contributed by atoms with Crippen LogP contribution in [-0.4, -0.2) is 47.6 Å². The summed E-state index contributed by atoms with van der Waals surface area (Å²) < 4.78 is 0. The largest absolute Gasteiger partial charge is 0.481 e. The van der Waals surface area contributed by atoms with E-state index < -0.39 is 11.9 Å². The van der Waals surface area contributed by atoms with Gasteiger partial charge in [-0.2, -0.15) is 0 Å². The average molecular weight is 266 g/mol. The molecule has 2 N–H and O–H groups in total. The highest BCUT2D eigenvalue weighted by Crippen LogP contribution is 2.39. The third-order valence-corrected chi connectivity index (χ3v) is 5.21. The molecule has 0 aromatic rings. The molecule has 1 saturated carbocycles. The van der Waals surface area contributed by atoms with Crippen LogP contribution in [0.3, 0.4) is 0 Å². The topological polar surface area (TPSA) is 69.6 Å². The number of aliphatic carboxylic acids is 1. The fourth-order valence-electron chi connectivity index (χ4n) is 3.82. The summed E-state index contributed by atoms with van der Waals surface area (Å²) in [7, 11) is 2.21. The number of amides is 1. The van der Waals surface area contributed by atoms with Gasteiger partial charge in [-0.15, -0.1) is 0 Å². The second-order valence-electron chi connectivity index (χ2n) is 6.42. The van der Waals surface area contributed by atoms with Gasteiger partial charge in [0.25, 0.3) is 0 Å². The van der Waals surface area contributed by atoms with Crippen molar-refractivity contribution in [2.75, 3.05) is 13.6 Å². The lowest BCUT2D eigenvalue weighted by Crippen LogP contribution is -2.43. The van der Waals surface area contributed by atoms with Crippen LogP contribution < -0.4 is 5.32 Å². The van der Waals surface area contributed by atoms with Crippen LogP contribution in [0.15, 0.2) is 0 Å². The molecule has 4 atom stereocenters. The van der Waals surface area contributed by atoms with Crippen molar-refractivity contribution >= 4 is 11.9 Å². The van der Waals surface area contributed by atoms with Gasteiger partial charge in [-0.1, -0.05) is 0 Å². The maximum atomic E-state index is 11.8. The van der Waals surface area contributed by atoms with E-state index in [-0.39, 0.29) is 11.8 Å². The van der Waals surface area contributed by atoms with E-state index >= 15 is 0 Å². The number of nitrogens with one attached hydrogen (secondary N) is 1. The Morgan fingerprint density at radius 1 is 1.16 bits per heavy atom. The molecule has 19 heavy (non-hydrogen) atoms. The van der Waals surface area contributed by atoms with Gasteiger partial charge in [0.1, 0.15) is 0 Å². The summed E-state index contributed by atoms with van der Waals surface area (Å²) in [6, 6.07) is 1.38. The molecule has 2 saturated heterocycles. The molecule has 0 aromatic carbocycles. The second-order valence-corrected chi connectivity index (χ2v) is 6.42. The summed E-state index contributed by atoms with van der Waals surface area (Å²) in [4.78, 5) is 25.0. The summed E-state index contributed by atoms with van der Waals surface area (Å²) in [5.41, 5.74) is 0. The van der Waals surface area contributed by atoms with E-state index in [1.54, 1.807) is 0 Å². The van der Waals surface area contributed by atoms with Crippen molar-refractivity contribution in [1.29, 1.82) is 0 Å². The first-order valence-electron chi connectivity index (χ1n) is 7.28. The molecule has 0 radical (unpaired) electrons. The first-order chi connectivity index (χ1) is 9.06. The van der Waals surface area contributed by atoms with Crippen molar-refractivity contribution in [1.82, 2.24) is 10.2 Å². The molecule has 5 heteroatoms. The number of piperidine rings is 1. The van der Waals surface area contributed by atoms with Crippen molar-refractivity contribution in [3.63, 3.8) is 0 Å². The van der Waals surface area contributed by atoms with Gasteiger partial charge in [0, 0.05) is 18.6 Å². The average Bonchev–Trinajstić information content (AvgIpc) is 3.14. The molecule has 4 unspecified atom stereocenters. The maximum absolute atomic E-state index is 11.8. The van der Waals surface area contributed by atoms with Crippen LogP contribution in [0.25, 0.3) is 0 Å². The zero-order valence-corrected chi connectivity index (χ0v) is 11.3. The fraction of sp³-hybridized carbons (Fsp3) is 0.857. The Bertz CT molecular complexity index is 384. The van der Waals surface area contributed by atoms with E-state index in [1.807, 2.05) is 0 Å². The number of fused-ring (bicyclic) bond motifs is 2. The number of nitrogens with zero attached hydrogens (tertiary/aromatic N) is 1. The van der Waals surface area contributed by atoms with Crippen LogP contribution in [0, 0.1) is 17.8 Å². The highest BCUT2D eigenvalue weighted by atomic mass is 16.4. The number of rotatable bonds is 4. The molecular weight excluding hydrogens is 244 g/mol. The standard InChI is InChI=1S/C14H22N2O3/c1-16-9-2-3-10(16)5-8(4-9)7-15-13(17)11-6-12(11)14(18)19/h8-12H,2-7H2,1H3,(H,15,17)(H,18,19). The quantitative estimate of drug-likeness (QED) is 0.785. The predicted molar refractivity (Wildman–Crippen MR) is 69.5 cm³/mol. The minimum Gasteiger partial charge on any atom is -0.481 e. The summed E-state index contributed by atoms with van der Waals surface area (Å²) in [6.45, 7) is 0.725. The van der Waals surface area contributed by atoms with Crippen LogP contribution >= 0.6 is 0 Å². The van der Waals surface area contributed by atoms with Gasteiger partial charge in [0.2, 0.25) is 5.91 Å². The molecular formula is C14H22N2O3. The molecule has 3 fully saturated rings. The van der Waals surface area contributed by atoms with Crippen molar-refractivity contribution in [2.45, 2.75) is 44.2 Å². The molecule has 2 heterocycles. The lowest BCUT2D eigenvalue weighted by molar-refractivity contribution is -0.140. The Kier molecular flexibility index (Phi) is 3.25. The normalized spacial score (nSPS) is 41.0. The first-order valence-corrected chi connectivity index (χ1v) is 7.28. The van der Waals surface area contributed by atoms with Gasteiger partial charge in [0.05, 0.1) is 11.8 Å². The minimum absolute atomic E-state index is 0.0568. The molecule has 2 aliphatic heterocycles. The van der Waals surface area contributed by atoms with Crippen molar-refractivity contribution in [2.24, 2.45) is 17.8 Å². The summed E-state index contributed by atoms with van der Waals surface area (Å²) in [6.07, 6.45) is 5.42. The Labute approximate surface area is 113 Å². The molecule has 2 bridgehead atoms. The lowest BCUT2D eigenvalue weighted by atomic mass is 9.91. The molecule has 1 aliphatic carbocycles. The zero-order valence-electron chi connectivity index (χ0n) is 11.3. The van der Waals surface area contributed by atoms with Crippen molar-refractivity contribution in [3.8, 4) is 0 Å². The number of hydrogen-bond acceptors (Lipinski definition) is 3. The number of carboxylic acids is 1. The number of hydrogen-bond donors (Lipinski definition) is 2. The number of carbonyl (C=O) groups is 2. The van der Waals surface area contributed by atoms with Crippen LogP contribution in [0.1, 0.15) is 32.1 Å². The summed E-state index contributed by atoms with van der Waals surface area (Å²) in [5, 5.41) is 11.8. The molecule has 0 aromatic heterocycles. The van der Waals surface area contributed by atoms with Crippen LogP contribution in [0.4, 0.5) is 0 Å². The minimum atomic E-state index is -0.836. The van der Waals surface area contributed by atoms with Gasteiger partial charge in [-0.3, -0.25) is 9.59 Å². The van der Waals surface area contributed by atoms with E-state index in [0.29, 0.717) is 24.4 Å². The fourth-order valence-corrected chi connectivity index (χ4v) is 3.82. The van der Waals surface area contributed by atoms with Crippen molar-refractivity contribution < 1.29 is 14.7 Å². The van der Waals surface area contributed by atoms with E-state index in [0.717, 1.165) is 6.54 Å². The molecule has 5 nitrogen and oxygen atoms in total. The Balaban J connectivity index is 1.44. The van der Waals surface area contributed by atoms with Gasteiger partial charge < -0.3 is 15.3 Å². The molecule has 0 spiro atoms. The molecule has 1 amide bonds. The first kappa shape index (κ1) is 12.9. The zero-order chi connectivity index (χ0) is 13.6. The molecule has 3 rings (SSSR count). The Morgan fingerprint density at radius 2 is 1.79 bits per heavy atom. The van der Waals surface area contributed by atoms with E-state index in [4.69, 9.17) is 5.11 Å². The summed E-state index contributed by atoms with van der Waals surface area (Å²) in [5.74, 6) is -1.04. The lowest BCUT2D eigenvalue weighted by Gasteiger charge is -2.36. The Hall–Kier alpha value is -1.10. The van der Waals surface area contributed by atoms with Crippen LogP contribution in [0.5, 0.6) is 0 Å². The molecule has 106 valence electrons. The smallest absolute Gasteiger partial charge is 0.307 e. The Morgan fingerprint density at radius 3 is 2.32 bits per heavy atom. The van der Waals surface area contributed by atoms with Crippen LogP contribution in [-0.2, 0) is 9.59 Å². The van der Waals surface area contributed by atoms with Gasteiger partial charge in [-0.25, -0.2) is 0 Å². The van der Waals surface area contributed by atoms with Crippen LogP contribution in [0.2, 0.25) is 0 Å². The third-order valence-electron chi connectivity index (χ3n) is 5.21. The van der Waals surface area contributed by atoms with Crippen molar-refractivity contribution in [3.05, 3.63) is 0 Å².